The van der Waals surface area contributed by atoms with Crippen LogP contribution in [-0.4, -0.2) is 11.1 Å². The zero-order valence-electron chi connectivity index (χ0n) is 10.6. The molecular formula is C14H17N3O. The van der Waals surface area contributed by atoms with E-state index in [-0.39, 0.29) is 6.10 Å². The Morgan fingerprint density at radius 1 is 1.17 bits per heavy atom. The van der Waals surface area contributed by atoms with Gasteiger partial charge in [0.05, 0.1) is 17.5 Å². The van der Waals surface area contributed by atoms with E-state index in [1.807, 2.05) is 50.2 Å². The Morgan fingerprint density at radius 2 is 1.89 bits per heavy atom. The fourth-order valence-corrected chi connectivity index (χ4v) is 1.65. The molecule has 0 fully saturated rings. The predicted octanol–water partition coefficient (Wildman–Crippen LogP) is 2.82. The molecule has 2 rings (SSSR count). The van der Waals surface area contributed by atoms with Crippen LogP contribution in [0.3, 0.4) is 0 Å². The quantitative estimate of drug-likeness (QED) is 0.640. The van der Waals surface area contributed by atoms with E-state index in [1.165, 1.54) is 0 Å². The van der Waals surface area contributed by atoms with Crippen LogP contribution in [0.2, 0.25) is 0 Å². The summed E-state index contributed by atoms with van der Waals surface area (Å²) in [5, 5.41) is 0. The third-order valence-corrected chi connectivity index (χ3v) is 2.45. The maximum absolute atomic E-state index is 5.60. The standard InChI is InChI=1S/C14H17N3O/c1-10(2)18-13-5-3-11(4-6-13)14-9-12(17-15)7-8-16-14/h3-10H,15H2,1-2H3,(H,16,17). The first kappa shape index (κ1) is 12.4. The molecule has 1 aromatic carbocycles. The molecule has 4 nitrogen and oxygen atoms in total. The normalized spacial score (nSPS) is 10.4. The summed E-state index contributed by atoms with van der Waals surface area (Å²) >= 11 is 0. The third kappa shape index (κ3) is 2.99. The Balaban J connectivity index is 2.22. The summed E-state index contributed by atoms with van der Waals surface area (Å²) < 4.78 is 5.60. The summed E-state index contributed by atoms with van der Waals surface area (Å²) in [6.45, 7) is 4.01. The second-order valence-electron chi connectivity index (χ2n) is 4.27. The minimum Gasteiger partial charge on any atom is -0.491 e. The van der Waals surface area contributed by atoms with Crippen molar-refractivity contribution >= 4 is 5.69 Å². The molecule has 18 heavy (non-hydrogen) atoms. The topological polar surface area (TPSA) is 60.2 Å². The summed E-state index contributed by atoms with van der Waals surface area (Å²) in [5.74, 6) is 6.24. The van der Waals surface area contributed by atoms with Gasteiger partial charge in [-0.25, -0.2) is 0 Å². The van der Waals surface area contributed by atoms with Gasteiger partial charge in [-0.2, -0.15) is 0 Å². The number of nitrogens with one attached hydrogen (secondary N) is 1. The van der Waals surface area contributed by atoms with E-state index in [0.29, 0.717) is 0 Å². The van der Waals surface area contributed by atoms with Gasteiger partial charge in [-0.1, -0.05) is 0 Å². The zero-order chi connectivity index (χ0) is 13.0. The van der Waals surface area contributed by atoms with E-state index in [2.05, 4.69) is 10.4 Å². The van der Waals surface area contributed by atoms with Gasteiger partial charge in [0.15, 0.2) is 0 Å². The van der Waals surface area contributed by atoms with E-state index in [9.17, 15) is 0 Å². The highest BCUT2D eigenvalue weighted by atomic mass is 16.5. The fraction of sp³-hybridized carbons (Fsp3) is 0.214. The molecule has 94 valence electrons. The molecule has 0 aliphatic heterocycles. The highest BCUT2D eigenvalue weighted by Gasteiger charge is 2.02. The first-order chi connectivity index (χ1) is 8.69. The van der Waals surface area contributed by atoms with Crippen LogP contribution in [0.4, 0.5) is 5.69 Å². The smallest absolute Gasteiger partial charge is 0.119 e. The van der Waals surface area contributed by atoms with Gasteiger partial charge in [-0.15, -0.1) is 0 Å². The number of aromatic nitrogens is 1. The number of nitrogens with two attached hydrogens (primary N) is 1. The average molecular weight is 243 g/mol. The van der Waals surface area contributed by atoms with Gasteiger partial charge in [0.2, 0.25) is 0 Å². The van der Waals surface area contributed by atoms with Crippen LogP contribution in [0.25, 0.3) is 11.3 Å². The fourth-order valence-electron chi connectivity index (χ4n) is 1.65. The van der Waals surface area contributed by atoms with Crippen LogP contribution in [0.15, 0.2) is 42.6 Å². The van der Waals surface area contributed by atoms with Crippen molar-refractivity contribution in [3.05, 3.63) is 42.6 Å². The maximum Gasteiger partial charge on any atom is 0.119 e. The van der Waals surface area contributed by atoms with Crippen molar-refractivity contribution in [1.82, 2.24) is 4.98 Å². The van der Waals surface area contributed by atoms with Crippen molar-refractivity contribution in [3.8, 4) is 17.0 Å². The molecule has 0 amide bonds. The Bertz CT molecular complexity index is 509. The Morgan fingerprint density at radius 3 is 2.50 bits per heavy atom. The summed E-state index contributed by atoms with van der Waals surface area (Å²) in [6, 6.07) is 11.6. The number of nitrogen functional groups attached to an aromatic ring is 1. The largest absolute Gasteiger partial charge is 0.491 e. The molecular weight excluding hydrogens is 226 g/mol. The van der Waals surface area contributed by atoms with Crippen LogP contribution in [0, 0.1) is 0 Å². The molecule has 1 aromatic heterocycles. The minimum absolute atomic E-state index is 0.179. The van der Waals surface area contributed by atoms with Crippen molar-refractivity contribution in [2.45, 2.75) is 20.0 Å². The highest BCUT2D eigenvalue weighted by molar-refractivity contribution is 5.64. The van der Waals surface area contributed by atoms with E-state index in [4.69, 9.17) is 10.6 Å². The first-order valence-corrected chi connectivity index (χ1v) is 5.89. The lowest BCUT2D eigenvalue weighted by molar-refractivity contribution is 0.242. The average Bonchev–Trinajstić information content (AvgIpc) is 2.39. The summed E-state index contributed by atoms with van der Waals surface area (Å²) in [6.07, 6.45) is 1.90. The Labute approximate surface area is 107 Å². The Kier molecular flexibility index (Phi) is 3.79. The lowest BCUT2D eigenvalue weighted by Gasteiger charge is -2.10. The highest BCUT2D eigenvalue weighted by Crippen LogP contribution is 2.22. The number of hydrogen-bond donors (Lipinski definition) is 2. The van der Waals surface area contributed by atoms with Crippen LogP contribution in [-0.2, 0) is 0 Å². The zero-order valence-corrected chi connectivity index (χ0v) is 10.6. The number of benzene rings is 1. The number of anilines is 1. The second kappa shape index (κ2) is 5.51. The molecule has 0 saturated carbocycles. The van der Waals surface area contributed by atoms with Gasteiger partial charge in [0, 0.05) is 11.8 Å². The number of hydrogen-bond acceptors (Lipinski definition) is 4. The van der Waals surface area contributed by atoms with Gasteiger partial charge in [-0.3, -0.25) is 10.8 Å². The summed E-state index contributed by atoms with van der Waals surface area (Å²) in [7, 11) is 0. The van der Waals surface area contributed by atoms with E-state index in [0.717, 1.165) is 22.7 Å². The lowest BCUT2D eigenvalue weighted by Crippen LogP contribution is -2.06. The molecule has 0 saturated heterocycles. The van der Waals surface area contributed by atoms with Gasteiger partial charge < -0.3 is 10.2 Å². The molecule has 0 aliphatic rings. The van der Waals surface area contributed by atoms with Gasteiger partial charge in [-0.05, 0) is 50.2 Å². The van der Waals surface area contributed by atoms with Crippen molar-refractivity contribution < 1.29 is 4.74 Å². The lowest BCUT2D eigenvalue weighted by atomic mass is 10.1. The number of rotatable bonds is 4. The number of pyridine rings is 1. The monoisotopic (exact) mass is 243 g/mol. The molecule has 0 spiro atoms. The minimum atomic E-state index is 0.179. The third-order valence-electron chi connectivity index (χ3n) is 2.45. The van der Waals surface area contributed by atoms with Gasteiger partial charge in [0.25, 0.3) is 0 Å². The van der Waals surface area contributed by atoms with E-state index in [1.54, 1.807) is 6.20 Å². The van der Waals surface area contributed by atoms with E-state index < -0.39 is 0 Å². The molecule has 0 radical (unpaired) electrons. The van der Waals surface area contributed by atoms with Gasteiger partial charge >= 0.3 is 0 Å². The van der Waals surface area contributed by atoms with Crippen molar-refractivity contribution in [2.24, 2.45) is 5.84 Å². The maximum atomic E-state index is 5.60. The summed E-state index contributed by atoms with van der Waals surface area (Å²) in [4.78, 5) is 4.31. The van der Waals surface area contributed by atoms with Crippen molar-refractivity contribution in [1.29, 1.82) is 0 Å². The number of nitrogens with zero attached hydrogens (tertiary/aromatic N) is 1. The molecule has 0 bridgehead atoms. The molecule has 4 heteroatoms. The molecule has 3 N–H and O–H groups in total. The molecule has 0 atom stereocenters. The Hall–Kier alpha value is -2.07. The molecule has 0 aliphatic carbocycles. The molecule has 0 unspecified atom stereocenters. The van der Waals surface area contributed by atoms with Gasteiger partial charge in [0.1, 0.15) is 5.75 Å². The first-order valence-electron chi connectivity index (χ1n) is 5.89. The van der Waals surface area contributed by atoms with Crippen molar-refractivity contribution in [2.75, 3.05) is 5.43 Å². The SMILES string of the molecule is CC(C)Oc1ccc(-c2cc(NN)ccn2)cc1. The predicted molar refractivity (Wildman–Crippen MR) is 73.2 cm³/mol. The van der Waals surface area contributed by atoms with E-state index >= 15 is 0 Å². The second-order valence-corrected chi connectivity index (χ2v) is 4.27. The molecule has 2 aromatic rings. The molecule has 1 heterocycles. The van der Waals surface area contributed by atoms with Crippen LogP contribution >= 0.6 is 0 Å². The number of ether oxygens (including phenoxy) is 1. The van der Waals surface area contributed by atoms with Crippen LogP contribution in [0.1, 0.15) is 13.8 Å². The number of hydrazine groups is 1. The van der Waals surface area contributed by atoms with Crippen molar-refractivity contribution in [3.63, 3.8) is 0 Å². The van der Waals surface area contributed by atoms with Crippen LogP contribution < -0.4 is 16.0 Å². The summed E-state index contributed by atoms with van der Waals surface area (Å²) in [5.41, 5.74) is 5.35. The van der Waals surface area contributed by atoms with Crippen LogP contribution in [0.5, 0.6) is 5.75 Å².